The number of hydrogen-bond acceptors (Lipinski definition) is 4. The number of halogens is 1. The molecular weight excluding hydrogens is 454 g/mol. The van der Waals surface area contributed by atoms with Gasteiger partial charge in [-0.25, -0.2) is 0 Å². The monoisotopic (exact) mass is 477 g/mol. The molecule has 0 aliphatic rings. The van der Waals surface area contributed by atoms with Crippen molar-refractivity contribution >= 4 is 50.8 Å². The second kappa shape index (κ2) is 11.5. The highest BCUT2D eigenvalue weighted by atomic mass is 79.9. The van der Waals surface area contributed by atoms with Crippen LogP contribution in [0.5, 0.6) is 5.75 Å². The summed E-state index contributed by atoms with van der Waals surface area (Å²) in [5, 5.41) is 5.66. The molecule has 0 aliphatic heterocycles. The zero-order valence-corrected chi connectivity index (χ0v) is 18.6. The number of unbranched alkanes of at least 4 members (excludes halogenated alkanes) is 3. The Bertz CT molecular complexity index is 872. The summed E-state index contributed by atoms with van der Waals surface area (Å²) in [4.78, 5) is 23.5. The normalized spacial score (nSPS) is 10.3. The molecule has 0 unspecified atom stereocenters. The van der Waals surface area contributed by atoms with Gasteiger partial charge in [0, 0.05) is 16.8 Å². The van der Waals surface area contributed by atoms with Crippen LogP contribution < -0.4 is 21.1 Å². The first kappa shape index (κ1) is 22.8. The van der Waals surface area contributed by atoms with Crippen LogP contribution in [0.3, 0.4) is 0 Å². The minimum Gasteiger partial charge on any atom is -0.492 e. The van der Waals surface area contributed by atoms with Gasteiger partial charge < -0.3 is 15.8 Å². The molecule has 154 valence electrons. The first-order chi connectivity index (χ1) is 13.9. The third-order valence-corrected chi connectivity index (χ3v) is 4.93. The molecular formula is C21H24BrN3O3S. The van der Waals surface area contributed by atoms with Gasteiger partial charge in [-0.3, -0.25) is 14.9 Å². The van der Waals surface area contributed by atoms with E-state index in [0.29, 0.717) is 33.6 Å². The maximum Gasteiger partial charge on any atom is 0.257 e. The second-order valence-electron chi connectivity index (χ2n) is 6.40. The van der Waals surface area contributed by atoms with E-state index >= 15 is 0 Å². The molecule has 0 aliphatic carbocycles. The van der Waals surface area contributed by atoms with Crippen LogP contribution in [0, 0.1) is 0 Å². The van der Waals surface area contributed by atoms with Crippen molar-refractivity contribution in [2.45, 2.75) is 32.6 Å². The summed E-state index contributed by atoms with van der Waals surface area (Å²) in [6.07, 6.45) is 4.53. The van der Waals surface area contributed by atoms with Gasteiger partial charge in [-0.05, 0) is 77.0 Å². The van der Waals surface area contributed by atoms with E-state index in [1.807, 2.05) is 0 Å². The number of ether oxygens (including phenoxy) is 1. The molecule has 6 nitrogen and oxygen atoms in total. The van der Waals surface area contributed by atoms with Gasteiger partial charge in [-0.1, -0.05) is 26.2 Å². The van der Waals surface area contributed by atoms with Crippen molar-refractivity contribution < 1.29 is 14.3 Å². The molecule has 8 heteroatoms. The van der Waals surface area contributed by atoms with Crippen LogP contribution in [0.15, 0.2) is 46.9 Å². The van der Waals surface area contributed by atoms with Crippen molar-refractivity contribution in [2.75, 3.05) is 11.9 Å². The molecule has 4 N–H and O–H groups in total. The van der Waals surface area contributed by atoms with E-state index in [-0.39, 0.29) is 11.0 Å². The highest BCUT2D eigenvalue weighted by Gasteiger charge is 2.11. The van der Waals surface area contributed by atoms with Crippen LogP contribution >= 0.6 is 28.1 Å². The smallest absolute Gasteiger partial charge is 0.257 e. The van der Waals surface area contributed by atoms with E-state index in [9.17, 15) is 9.59 Å². The molecule has 2 aromatic rings. The van der Waals surface area contributed by atoms with Crippen molar-refractivity contribution in [1.29, 1.82) is 0 Å². The predicted molar refractivity (Wildman–Crippen MR) is 122 cm³/mol. The number of amides is 2. The first-order valence-electron chi connectivity index (χ1n) is 9.35. The van der Waals surface area contributed by atoms with Crippen molar-refractivity contribution in [3.05, 3.63) is 58.1 Å². The number of nitrogens with one attached hydrogen (secondary N) is 2. The quantitative estimate of drug-likeness (QED) is 0.361. The molecule has 2 rings (SSSR count). The Labute approximate surface area is 184 Å². The van der Waals surface area contributed by atoms with E-state index in [2.05, 4.69) is 33.5 Å². The molecule has 2 aromatic carbocycles. The third kappa shape index (κ3) is 7.47. The topological polar surface area (TPSA) is 93.4 Å². The van der Waals surface area contributed by atoms with Gasteiger partial charge in [0.25, 0.3) is 5.91 Å². The molecule has 0 spiro atoms. The zero-order valence-electron chi connectivity index (χ0n) is 16.2. The molecule has 2 amide bonds. The van der Waals surface area contributed by atoms with Crippen molar-refractivity contribution in [3.63, 3.8) is 0 Å². The van der Waals surface area contributed by atoms with E-state index in [0.717, 1.165) is 12.8 Å². The Morgan fingerprint density at radius 2 is 1.76 bits per heavy atom. The lowest BCUT2D eigenvalue weighted by Gasteiger charge is -2.12. The van der Waals surface area contributed by atoms with Crippen LogP contribution in [0.25, 0.3) is 0 Å². The van der Waals surface area contributed by atoms with Gasteiger partial charge >= 0.3 is 0 Å². The Hall–Kier alpha value is -2.45. The Balaban J connectivity index is 1.88. The van der Waals surface area contributed by atoms with Gasteiger partial charge in [-0.15, -0.1) is 0 Å². The summed E-state index contributed by atoms with van der Waals surface area (Å²) in [6, 6.07) is 11.6. The summed E-state index contributed by atoms with van der Waals surface area (Å²) in [6.45, 7) is 2.81. The Morgan fingerprint density at radius 3 is 2.38 bits per heavy atom. The lowest BCUT2D eigenvalue weighted by Crippen LogP contribution is -2.34. The van der Waals surface area contributed by atoms with Crippen molar-refractivity contribution in [1.82, 2.24) is 5.32 Å². The summed E-state index contributed by atoms with van der Waals surface area (Å²) in [5.74, 6) is -0.147. The van der Waals surface area contributed by atoms with Gasteiger partial charge in [0.1, 0.15) is 5.75 Å². The fourth-order valence-electron chi connectivity index (χ4n) is 2.53. The lowest BCUT2D eigenvalue weighted by molar-refractivity contribution is 0.0975. The number of rotatable bonds is 9. The molecule has 0 bridgehead atoms. The molecule has 0 aromatic heterocycles. The molecule has 0 saturated carbocycles. The van der Waals surface area contributed by atoms with Gasteiger partial charge in [0.15, 0.2) is 5.11 Å². The van der Waals surface area contributed by atoms with Crippen LogP contribution in [0.4, 0.5) is 5.69 Å². The summed E-state index contributed by atoms with van der Waals surface area (Å²) >= 11 is 8.62. The molecule has 0 atom stereocenters. The number of carbonyl (C=O) groups excluding carboxylic acids is 2. The zero-order chi connectivity index (χ0) is 21.2. The number of anilines is 1. The highest BCUT2D eigenvalue weighted by Crippen LogP contribution is 2.26. The van der Waals surface area contributed by atoms with E-state index < -0.39 is 5.91 Å². The number of hydrogen-bond donors (Lipinski definition) is 3. The standard InChI is InChI=1S/C21H24BrN3O3S/c1-2-3-4-5-12-28-18-11-8-15(13-17(18)22)20(27)25-21(29)24-16-9-6-14(7-10-16)19(23)26/h6-11,13H,2-5,12H2,1H3,(H2,23,26)(H2,24,25,27,29). The van der Waals surface area contributed by atoms with Crippen molar-refractivity contribution in [3.8, 4) is 5.75 Å². The fourth-order valence-corrected chi connectivity index (χ4v) is 3.23. The minimum absolute atomic E-state index is 0.147. The predicted octanol–water partition coefficient (Wildman–Crippen LogP) is 4.63. The van der Waals surface area contributed by atoms with Crippen LogP contribution in [-0.4, -0.2) is 23.5 Å². The number of thiocarbonyl (C=S) groups is 1. The van der Waals surface area contributed by atoms with Crippen LogP contribution in [-0.2, 0) is 0 Å². The fraction of sp³-hybridized carbons (Fsp3) is 0.286. The van der Waals surface area contributed by atoms with Crippen molar-refractivity contribution in [2.24, 2.45) is 5.73 Å². The van der Waals surface area contributed by atoms with Crippen LogP contribution in [0.2, 0.25) is 0 Å². The van der Waals surface area contributed by atoms with Gasteiger partial charge in [0.05, 0.1) is 11.1 Å². The number of carbonyl (C=O) groups is 2. The summed E-state index contributed by atoms with van der Waals surface area (Å²) in [5.41, 5.74) is 6.68. The third-order valence-electron chi connectivity index (χ3n) is 4.10. The average molecular weight is 478 g/mol. The highest BCUT2D eigenvalue weighted by molar-refractivity contribution is 9.10. The summed E-state index contributed by atoms with van der Waals surface area (Å²) in [7, 11) is 0. The minimum atomic E-state index is -0.508. The second-order valence-corrected chi connectivity index (χ2v) is 7.67. The van der Waals surface area contributed by atoms with E-state index in [1.165, 1.54) is 12.8 Å². The number of benzene rings is 2. The number of nitrogens with two attached hydrogens (primary N) is 1. The van der Waals surface area contributed by atoms with Crippen LogP contribution in [0.1, 0.15) is 53.3 Å². The molecule has 0 radical (unpaired) electrons. The molecule has 0 fully saturated rings. The maximum atomic E-state index is 12.4. The Kier molecular flexibility index (Phi) is 9.08. The van der Waals surface area contributed by atoms with E-state index in [4.69, 9.17) is 22.7 Å². The molecule has 29 heavy (non-hydrogen) atoms. The SMILES string of the molecule is CCCCCCOc1ccc(C(=O)NC(=S)Nc2ccc(C(N)=O)cc2)cc1Br. The molecule has 0 saturated heterocycles. The van der Waals surface area contributed by atoms with Gasteiger partial charge in [-0.2, -0.15) is 0 Å². The lowest BCUT2D eigenvalue weighted by atomic mass is 10.2. The molecule has 0 heterocycles. The largest absolute Gasteiger partial charge is 0.492 e. The first-order valence-corrected chi connectivity index (χ1v) is 10.6. The van der Waals surface area contributed by atoms with Gasteiger partial charge in [0.2, 0.25) is 5.91 Å². The Morgan fingerprint density at radius 1 is 1.07 bits per heavy atom. The maximum absolute atomic E-state index is 12.4. The average Bonchev–Trinajstić information content (AvgIpc) is 2.69. The number of primary amides is 1. The summed E-state index contributed by atoms with van der Waals surface area (Å²) < 4.78 is 6.46. The van der Waals surface area contributed by atoms with E-state index in [1.54, 1.807) is 42.5 Å².